The molecule has 142 valence electrons. The highest BCUT2D eigenvalue weighted by atomic mass is 19.1. The summed E-state index contributed by atoms with van der Waals surface area (Å²) < 4.78 is 14.5. The molecule has 27 heavy (non-hydrogen) atoms. The molecule has 1 fully saturated rings. The van der Waals surface area contributed by atoms with Gasteiger partial charge >= 0.3 is 0 Å². The van der Waals surface area contributed by atoms with Crippen molar-refractivity contribution < 1.29 is 14.0 Å². The Morgan fingerprint density at radius 1 is 1.00 bits per heavy atom. The highest BCUT2D eigenvalue weighted by Gasteiger charge is 2.22. The summed E-state index contributed by atoms with van der Waals surface area (Å²) in [5.41, 5.74) is 0.209. The SMILES string of the molecule is O=C(CN1CCN(C(=O)Cn2ccccc2=O)CC1)Nc1cccc(F)c1. The summed E-state index contributed by atoms with van der Waals surface area (Å²) in [6.45, 7) is 2.30. The lowest BCUT2D eigenvalue weighted by Crippen LogP contribution is -2.51. The van der Waals surface area contributed by atoms with E-state index in [1.54, 1.807) is 29.3 Å². The van der Waals surface area contributed by atoms with E-state index in [1.165, 1.54) is 28.8 Å². The second kappa shape index (κ2) is 8.59. The van der Waals surface area contributed by atoms with Crippen LogP contribution in [0.4, 0.5) is 10.1 Å². The molecule has 1 aromatic carbocycles. The lowest BCUT2D eigenvalue weighted by molar-refractivity contribution is -0.133. The highest BCUT2D eigenvalue weighted by molar-refractivity contribution is 5.92. The number of hydrogen-bond acceptors (Lipinski definition) is 4. The van der Waals surface area contributed by atoms with Crippen LogP contribution < -0.4 is 10.9 Å². The number of nitrogens with zero attached hydrogens (tertiary/aromatic N) is 3. The highest BCUT2D eigenvalue weighted by Crippen LogP contribution is 2.09. The quantitative estimate of drug-likeness (QED) is 0.841. The van der Waals surface area contributed by atoms with E-state index in [1.807, 2.05) is 4.90 Å². The molecule has 3 rings (SSSR count). The molecule has 8 heteroatoms. The molecule has 0 saturated carbocycles. The van der Waals surface area contributed by atoms with Crippen LogP contribution in [0.5, 0.6) is 0 Å². The van der Waals surface area contributed by atoms with E-state index in [2.05, 4.69) is 5.32 Å². The maximum absolute atomic E-state index is 13.2. The fraction of sp³-hybridized carbons (Fsp3) is 0.316. The lowest BCUT2D eigenvalue weighted by Gasteiger charge is -2.34. The number of carbonyl (C=O) groups excluding carboxylic acids is 2. The summed E-state index contributed by atoms with van der Waals surface area (Å²) in [6.07, 6.45) is 1.59. The van der Waals surface area contributed by atoms with Crippen molar-refractivity contribution in [1.82, 2.24) is 14.4 Å². The van der Waals surface area contributed by atoms with Gasteiger partial charge in [-0.25, -0.2) is 4.39 Å². The summed E-state index contributed by atoms with van der Waals surface area (Å²) in [4.78, 5) is 39.8. The number of pyridine rings is 1. The number of aromatic nitrogens is 1. The largest absolute Gasteiger partial charge is 0.339 e. The van der Waals surface area contributed by atoms with Crippen LogP contribution in [0.2, 0.25) is 0 Å². The summed E-state index contributed by atoms with van der Waals surface area (Å²) >= 11 is 0. The number of halogens is 1. The Balaban J connectivity index is 1.46. The zero-order chi connectivity index (χ0) is 19.2. The van der Waals surface area contributed by atoms with Crippen molar-refractivity contribution in [3.63, 3.8) is 0 Å². The molecule has 0 unspecified atom stereocenters. The minimum absolute atomic E-state index is 0.0136. The van der Waals surface area contributed by atoms with E-state index in [-0.39, 0.29) is 30.5 Å². The number of carbonyl (C=O) groups is 2. The van der Waals surface area contributed by atoms with Gasteiger partial charge in [0, 0.05) is 44.1 Å². The molecule has 0 atom stereocenters. The molecule has 0 bridgehead atoms. The second-order valence-electron chi connectivity index (χ2n) is 6.38. The fourth-order valence-corrected chi connectivity index (χ4v) is 2.96. The third-order valence-electron chi connectivity index (χ3n) is 4.41. The van der Waals surface area contributed by atoms with Crippen molar-refractivity contribution in [1.29, 1.82) is 0 Å². The molecule has 7 nitrogen and oxygen atoms in total. The number of nitrogens with one attached hydrogen (secondary N) is 1. The van der Waals surface area contributed by atoms with Crippen molar-refractivity contribution in [2.24, 2.45) is 0 Å². The van der Waals surface area contributed by atoms with Crippen LogP contribution in [-0.2, 0) is 16.1 Å². The Morgan fingerprint density at radius 3 is 2.48 bits per heavy atom. The zero-order valence-corrected chi connectivity index (χ0v) is 14.8. The Kier molecular flexibility index (Phi) is 5.97. The van der Waals surface area contributed by atoms with Gasteiger partial charge in [-0.3, -0.25) is 19.3 Å². The minimum Gasteiger partial charge on any atom is -0.339 e. The molecule has 1 aliphatic heterocycles. The van der Waals surface area contributed by atoms with Crippen molar-refractivity contribution in [2.45, 2.75) is 6.54 Å². The smallest absolute Gasteiger partial charge is 0.250 e. The van der Waals surface area contributed by atoms with E-state index >= 15 is 0 Å². The van der Waals surface area contributed by atoms with E-state index in [9.17, 15) is 18.8 Å². The zero-order valence-electron chi connectivity index (χ0n) is 14.8. The van der Waals surface area contributed by atoms with Crippen molar-refractivity contribution in [2.75, 3.05) is 38.0 Å². The predicted molar refractivity (Wildman–Crippen MR) is 98.8 cm³/mol. The molecule has 1 saturated heterocycles. The normalized spacial score (nSPS) is 14.8. The van der Waals surface area contributed by atoms with Gasteiger partial charge < -0.3 is 14.8 Å². The maximum atomic E-state index is 13.2. The number of benzene rings is 1. The minimum atomic E-state index is -0.405. The monoisotopic (exact) mass is 372 g/mol. The first-order valence-electron chi connectivity index (χ1n) is 8.72. The molecule has 0 spiro atoms. The van der Waals surface area contributed by atoms with Gasteiger partial charge in [0.1, 0.15) is 12.4 Å². The van der Waals surface area contributed by atoms with Crippen LogP contribution in [-0.4, -0.2) is 58.9 Å². The predicted octanol–water partition coefficient (Wildman–Crippen LogP) is 0.770. The van der Waals surface area contributed by atoms with Gasteiger partial charge in [0.25, 0.3) is 5.56 Å². The first kappa shape index (κ1) is 18.8. The maximum Gasteiger partial charge on any atom is 0.250 e. The van der Waals surface area contributed by atoms with E-state index in [0.717, 1.165) is 0 Å². The van der Waals surface area contributed by atoms with Gasteiger partial charge in [0.2, 0.25) is 11.8 Å². The summed E-state index contributed by atoms with van der Waals surface area (Å²) in [5.74, 6) is -0.749. The average molecular weight is 372 g/mol. The Hall–Kier alpha value is -3.00. The van der Waals surface area contributed by atoms with Crippen LogP contribution in [0, 0.1) is 5.82 Å². The summed E-state index contributed by atoms with van der Waals surface area (Å²) in [7, 11) is 0. The average Bonchev–Trinajstić information content (AvgIpc) is 2.64. The third kappa shape index (κ3) is 5.24. The fourth-order valence-electron chi connectivity index (χ4n) is 2.96. The van der Waals surface area contributed by atoms with Gasteiger partial charge in [-0.1, -0.05) is 12.1 Å². The number of rotatable bonds is 5. The van der Waals surface area contributed by atoms with E-state index in [4.69, 9.17) is 0 Å². The van der Waals surface area contributed by atoms with Gasteiger partial charge in [-0.05, 0) is 24.3 Å². The van der Waals surface area contributed by atoms with Crippen LogP contribution in [0.25, 0.3) is 0 Å². The summed E-state index contributed by atoms with van der Waals surface area (Å²) in [5, 5.41) is 2.66. The topological polar surface area (TPSA) is 74.7 Å². The number of hydrogen-bond donors (Lipinski definition) is 1. The van der Waals surface area contributed by atoms with Gasteiger partial charge in [-0.2, -0.15) is 0 Å². The number of piperazine rings is 1. The van der Waals surface area contributed by atoms with Crippen LogP contribution in [0.1, 0.15) is 0 Å². The standard InChI is InChI=1S/C19H21FN4O3/c20-15-4-3-5-16(12-15)21-17(25)13-22-8-10-23(11-9-22)19(27)14-24-7-2-1-6-18(24)26/h1-7,12H,8-11,13-14H2,(H,21,25). The van der Waals surface area contributed by atoms with Crippen LogP contribution in [0.15, 0.2) is 53.5 Å². The Bertz CT molecular complexity index is 875. The molecule has 0 aliphatic carbocycles. The molecule has 1 N–H and O–H groups in total. The number of anilines is 1. The van der Waals surface area contributed by atoms with Crippen molar-refractivity contribution >= 4 is 17.5 Å². The summed E-state index contributed by atoms with van der Waals surface area (Å²) in [6, 6.07) is 10.5. The third-order valence-corrected chi connectivity index (χ3v) is 4.41. The molecular formula is C19H21FN4O3. The molecule has 1 aliphatic rings. The van der Waals surface area contributed by atoms with Gasteiger partial charge in [0.15, 0.2) is 0 Å². The van der Waals surface area contributed by atoms with Crippen LogP contribution in [0.3, 0.4) is 0 Å². The van der Waals surface area contributed by atoms with Crippen LogP contribution >= 0.6 is 0 Å². The van der Waals surface area contributed by atoms with E-state index < -0.39 is 5.82 Å². The molecule has 1 aromatic heterocycles. The number of amides is 2. The molecule has 0 radical (unpaired) electrons. The molecular weight excluding hydrogens is 351 g/mol. The molecule has 2 heterocycles. The Labute approximate surface area is 156 Å². The van der Waals surface area contributed by atoms with E-state index in [0.29, 0.717) is 31.9 Å². The first-order valence-corrected chi connectivity index (χ1v) is 8.72. The molecule has 2 aromatic rings. The second-order valence-corrected chi connectivity index (χ2v) is 6.38. The van der Waals surface area contributed by atoms with Crippen molar-refractivity contribution in [3.8, 4) is 0 Å². The van der Waals surface area contributed by atoms with Gasteiger partial charge in [0.05, 0.1) is 6.54 Å². The lowest BCUT2D eigenvalue weighted by atomic mass is 10.3. The van der Waals surface area contributed by atoms with Crippen molar-refractivity contribution in [3.05, 3.63) is 64.8 Å². The first-order chi connectivity index (χ1) is 13.0. The Morgan fingerprint density at radius 2 is 1.78 bits per heavy atom. The molecule has 2 amide bonds. The van der Waals surface area contributed by atoms with Gasteiger partial charge in [-0.15, -0.1) is 0 Å².